The second kappa shape index (κ2) is 4.94. The Bertz CT molecular complexity index is 526. The third kappa shape index (κ3) is 2.49. The number of nitriles is 2. The topological polar surface area (TPSA) is 72.0 Å². The van der Waals surface area contributed by atoms with Crippen LogP contribution in [0.15, 0.2) is 11.2 Å². The number of nitrogens with one attached hydrogen (secondary N) is 1. The van der Waals surface area contributed by atoms with Crippen LogP contribution >= 0.6 is 0 Å². The van der Waals surface area contributed by atoms with E-state index in [0.717, 1.165) is 0 Å². The minimum atomic E-state index is -1.71. The van der Waals surface area contributed by atoms with Gasteiger partial charge in [-0.3, -0.25) is 5.43 Å². The molecule has 86 valence electrons. The van der Waals surface area contributed by atoms with Gasteiger partial charge in [0.15, 0.2) is 23.3 Å². The molecule has 8 heteroatoms. The number of benzene rings is 1. The van der Waals surface area contributed by atoms with Crippen molar-refractivity contribution >= 4 is 11.4 Å². The largest absolute Gasteiger partial charge is 0.270 e. The van der Waals surface area contributed by atoms with Gasteiger partial charge in [0.25, 0.3) is 0 Å². The Labute approximate surface area is 92.4 Å². The highest BCUT2D eigenvalue weighted by Crippen LogP contribution is 2.23. The Kier molecular flexibility index (Phi) is 3.62. The van der Waals surface area contributed by atoms with Crippen molar-refractivity contribution in [3.8, 4) is 12.1 Å². The van der Waals surface area contributed by atoms with E-state index in [4.69, 9.17) is 10.5 Å². The summed E-state index contributed by atoms with van der Waals surface area (Å²) in [5.41, 5.74) is -0.395. The predicted molar refractivity (Wildman–Crippen MR) is 48.6 cm³/mol. The molecule has 0 aromatic heterocycles. The first-order valence-corrected chi connectivity index (χ1v) is 3.98. The molecule has 0 unspecified atom stereocenters. The third-order valence-electron chi connectivity index (χ3n) is 1.60. The highest BCUT2D eigenvalue weighted by molar-refractivity contribution is 6.10. The second-order valence-electron chi connectivity index (χ2n) is 2.64. The van der Waals surface area contributed by atoms with Gasteiger partial charge in [-0.15, -0.1) is 0 Å². The molecular formula is C9H2F4N4. The fraction of sp³-hybridized carbons (Fsp3) is 0. The van der Waals surface area contributed by atoms with Gasteiger partial charge in [0.1, 0.15) is 17.8 Å². The van der Waals surface area contributed by atoms with E-state index in [0.29, 0.717) is 0 Å². The SMILES string of the molecule is N#CC(C#N)=NNc1c(F)c(F)cc(F)c1F. The van der Waals surface area contributed by atoms with Crippen LogP contribution in [-0.2, 0) is 0 Å². The lowest BCUT2D eigenvalue weighted by Gasteiger charge is -2.05. The maximum absolute atomic E-state index is 13.0. The average molecular weight is 242 g/mol. The monoisotopic (exact) mass is 242 g/mol. The quantitative estimate of drug-likeness (QED) is 0.373. The highest BCUT2D eigenvalue weighted by atomic mass is 19.2. The summed E-state index contributed by atoms with van der Waals surface area (Å²) in [6.07, 6.45) is 0. The van der Waals surface area contributed by atoms with Crippen molar-refractivity contribution in [2.75, 3.05) is 5.43 Å². The van der Waals surface area contributed by atoms with E-state index in [1.54, 1.807) is 5.43 Å². The molecule has 0 bridgehead atoms. The van der Waals surface area contributed by atoms with Gasteiger partial charge in [-0.25, -0.2) is 17.6 Å². The summed E-state index contributed by atoms with van der Waals surface area (Å²) in [7, 11) is 0. The molecule has 1 aromatic rings. The van der Waals surface area contributed by atoms with Crippen molar-refractivity contribution in [1.82, 2.24) is 0 Å². The van der Waals surface area contributed by atoms with Crippen LogP contribution in [0.5, 0.6) is 0 Å². The second-order valence-corrected chi connectivity index (χ2v) is 2.64. The number of hydrazone groups is 1. The molecule has 17 heavy (non-hydrogen) atoms. The lowest BCUT2D eigenvalue weighted by atomic mass is 10.2. The van der Waals surface area contributed by atoms with Crippen LogP contribution in [0.25, 0.3) is 0 Å². The summed E-state index contributed by atoms with van der Waals surface area (Å²) in [6, 6.07) is 2.59. The minimum Gasteiger partial charge on any atom is -0.270 e. The molecule has 1 N–H and O–H groups in total. The molecule has 0 aliphatic heterocycles. The molecule has 0 saturated carbocycles. The zero-order chi connectivity index (χ0) is 13.0. The Morgan fingerprint density at radius 2 is 1.53 bits per heavy atom. The molecule has 0 aliphatic rings. The van der Waals surface area contributed by atoms with Gasteiger partial charge in [0.05, 0.1) is 0 Å². The maximum atomic E-state index is 13.0. The van der Waals surface area contributed by atoms with Crippen LogP contribution in [0.2, 0.25) is 0 Å². The van der Waals surface area contributed by atoms with Gasteiger partial charge < -0.3 is 0 Å². The standard InChI is InChI=1S/C9H2F4N4/c10-5-1-6(11)8(13)9(7(5)12)17-16-4(2-14)3-15/h1,17H. The highest BCUT2D eigenvalue weighted by Gasteiger charge is 2.18. The zero-order valence-corrected chi connectivity index (χ0v) is 7.93. The van der Waals surface area contributed by atoms with Crippen molar-refractivity contribution in [2.45, 2.75) is 0 Å². The average Bonchev–Trinajstić information content (AvgIpc) is 2.31. The van der Waals surface area contributed by atoms with Crippen LogP contribution in [-0.4, -0.2) is 5.71 Å². The fourth-order valence-electron chi connectivity index (χ4n) is 0.858. The molecule has 0 amide bonds. The van der Waals surface area contributed by atoms with Gasteiger partial charge >= 0.3 is 0 Å². The smallest absolute Gasteiger partial charge is 0.237 e. The third-order valence-corrected chi connectivity index (χ3v) is 1.60. The van der Waals surface area contributed by atoms with Crippen molar-refractivity contribution in [1.29, 1.82) is 10.5 Å². The summed E-state index contributed by atoms with van der Waals surface area (Å²) in [4.78, 5) is 0. The number of nitrogens with zero attached hydrogens (tertiary/aromatic N) is 3. The molecule has 0 fully saturated rings. The van der Waals surface area contributed by atoms with E-state index in [1.807, 2.05) is 0 Å². The molecule has 0 heterocycles. The zero-order valence-electron chi connectivity index (χ0n) is 7.93. The maximum Gasteiger partial charge on any atom is 0.237 e. The lowest BCUT2D eigenvalue weighted by Crippen LogP contribution is -2.04. The first-order chi connectivity index (χ1) is 8.01. The normalized spacial score (nSPS) is 9.06. The number of hydrogen-bond donors (Lipinski definition) is 1. The van der Waals surface area contributed by atoms with E-state index in [-0.39, 0.29) is 6.07 Å². The first-order valence-electron chi connectivity index (χ1n) is 3.98. The Hall–Kier alpha value is -2.61. The van der Waals surface area contributed by atoms with E-state index in [9.17, 15) is 17.6 Å². The molecule has 4 nitrogen and oxygen atoms in total. The predicted octanol–water partition coefficient (Wildman–Crippen LogP) is 2.06. The minimum absolute atomic E-state index is 0.0229. The van der Waals surface area contributed by atoms with E-state index in [1.165, 1.54) is 12.1 Å². The number of hydrogen-bond acceptors (Lipinski definition) is 4. The molecule has 0 atom stereocenters. The number of halogens is 4. The van der Waals surface area contributed by atoms with E-state index in [2.05, 4.69) is 5.10 Å². The molecule has 1 aromatic carbocycles. The Balaban J connectivity index is 3.21. The number of rotatable bonds is 2. The van der Waals surface area contributed by atoms with Crippen molar-refractivity contribution in [3.63, 3.8) is 0 Å². The number of anilines is 1. The summed E-state index contributed by atoms with van der Waals surface area (Å²) in [5, 5.41) is 19.5. The lowest BCUT2D eigenvalue weighted by molar-refractivity contribution is 0.458. The van der Waals surface area contributed by atoms with Crippen LogP contribution < -0.4 is 5.43 Å². The van der Waals surface area contributed by atoms with E-state index < -0.39 is 34.7 Å². The summed E-state index contributed by atoms with van der Waals surface area (Å²) >= 11 is 0. The van der Waals surface area contributed by atoms with Gasteiger partial charge in [-0.05, 0) is 0 Å². The van der Waals surface area contributed by atoms with Gasteiger partial charge in [0.2, 0.25) is 5.71 Å². The molecule has 0 aliphatic carbocycles. The molecule has 0 radical (unpaired) electrons. The van der Waals surface area contributed by atoms with Crippen molar-refractivity contribution in [3.05, 3.63) is 29.3 Å². The molecule has 1 rings (SSSR count). The van der Waals surface area contributed by atoms with Gasteiger partial charge in [-0.1, -0.05) is 0 Å². The molecule has 0 saturated heterocycles. The molecule has 0 spiro atoms. The molecular weight excluding hydrogens is 240 g/mol. The fourth-order valence-corrected chi connectivity index (χ4v) is 0.858. The van der Waals surface area contributed by atoms with Crippen molar-refractivity contribution in [2.24, 2.45) is 5.10 Å². The summed E-state index contributed by atoms with van der Waals surface area (Å²) in [5.74, 6) is -6.67. The van der Waals surface area contributed by atoms with Crippen LogP contribution in [0.4, 0.5) is 23.2 Å². The van der Waals surface area contributed by atoms with Crippen LogP contribution in [0, 0.1) is 45.9 Å². The van der Waals surface area contributed by atoms with Gasteiger partial charge in [-0.2, -0.15) is 15.6 Å². The summed E-state index contributed by atoms with van der Waals surface area (Å²) < 4.78 is 51.5. The van der Waals surface area contributed by atoms with Crippen LogP contribution in [0.3, 0.4) is 0 Å². The van der Waals surface area contributed by atoms with E-state index >= 15 is 0 Å². The Morgan fingerprint density at radius 3 is 1.94 bits per heavy atom. The van der Waals surface area contributed by atoms with Gasteiger partial charge in [0, 0.05) is 6.07 Å². The first kappa shape index (κ1) is 12.5. The van der Waals surface area contributed by atoms with Crippen LogP contribution in [0.1, 0.15) is 0 Å². The summed E-state index contributed by atoms with van der Waals surface area (Å²) in [6.45, 7) is 0. The van der Waals surface area contributed by atoms with Crippen molar-refractivity contribution < 1.29 is 17.6 Å². The Morgan fingerprint density at radius 1 is 1.06 bits per heavy atom.